The van der Waals surface area contributed by atoms with E-state index in [1.807, 2.05) is 19.1 Å². The molecule has 35 heavy (non-hydrogen) atoms. The summed E-state index contributed by atoms with van der Waals surface area (Å²) in [6, 6.07) is 5.72. The fourth-order valence-corrected chi connectivity index (χ4v) is 7.94. The van der Waals surface area contributed by atoms with Crippen LogP contribution in [0.2, 0.25) is 0 Å². The van der Waals surface area contributed by atoms with Gasteiger partial charge >= 0.3 is 5.97 Å². The molecular weight excluding hydrogens is 470 g/mol. The van der Waals surface area contributed by atoms with E-state index in [1.54, 1.807) is 19.2 Å². The summed E-state index contributed by atoms with van der Waals surface area (Å²) in [6.45, 7) is 3.70. The molecule has 2 saturated carbocycles. The molecule has 2 fully saturated rings. The summed E-state index contributed by atoms with van der Waals surface area (Å²) in [5.41, 5.74) is 1.83. The van der Waals surface area contributed by atoms with E-state index in [4.69, 9.17) is 4.74 Å². The van der Waals surface area contributed by atoms with Gasteiger partial charge in [-0.05, 0) is 86.0 Å². The molecule has 5 nitrogen and oxygen atoms in total. The van der Waals surface area contributed by atoms with Crippen LogP contribution >= 0.6 is 11.3 Å². The first-order valence-corrected chi connectivity index (χ1v) is 13.3. The third kappa shape index (κ3) is 4.17. The molecule has 3 aliphatic carbocycles. The van der Waals surface area contributed by atoms with Crippen molar-refractivity contribution in [2.45, 2.75) is 70.6 Å². The van der Waals surface area contributed by atoms with Crippen LogP contribution < -0.4 is 5.32 Å². The molecule has 0 aliphatic heterocycles. The summed E-state index contributed by atoms with van der Waals surface area (Å²) in [6.07, 6.45) is 5.07. The zero-order valence-corrected chi connectivity index (χ0v) is 21.2. The molecule has 3 aliphatic rings. The Morgan fingerprint density at radius 1 is 1.29 bits per heavy atom. The predicted molar refractivity (Wildman–Crippen MR) is 131 cm³/mol. The molecule has 5 atom stereocenters. The lowest BCUT2D eigenvalue weighted by Crippen LogP contribution is -2.47. The largest absolute Gasteiger partial charge is 0.465 e. The van der Waals surface area contributed by atoms with E-state index in [2.05, 4.69) is 10.3 Å². The van der Waals surface area contributed by atoms with Gasteiger partial charge in [-0.3, -0.25) is 4.79 Å². The van der Waals surface area contributed by atoms with Gasteiger partial charge in [-0.2, -0.15) is 0 Å². The highest BCUT2D eigenvalue weighted by Crippen LogP contribution is 2.68. The van der Waals surface area contributed by atoms with Gasteiger partial charge in [0.15, 0.2) is 5.13 Å². The standard InChI is InChI=1S/C27H32F2N2O3S/c1-15-14-30-25(35-15)31-22(32)9-6-18-13-27(28,29)26(2)11-10-20-19-7-5-17(24(33)34-3)12-16(19)4-8-21(20)23(18)26/h5,7,12,14,18,20-21,23H,4,6,8-11,13H2,1-3H3,(H,30,31,32)/t18-,20-,21-,23+,26+/m1/s1. The summed E-state index contributed by atoms with van der Waals surface area (Å²) in [5, 5.41) is 3.38. The molecule has 2 aromatic rings. The lowest BCUT2D eigenvalue weighted by molar-refractivity contribution is -0.133. The third-order valence-electron chi connectivity index (χ3n) is 8.87. The van der Waals surface area contributed by atoms with Gasteiger partial charge in [0.1, 0.15) is 0 Å². The van der Waals surface area contributed by atoms with Gasteiger partial charge in [0.25, 0.3) is 5.92 Å². The maximum absolute atomic E-state index is 15.5. The number of esters is 1. The number of aromatic nitrogens is 1. The van der Waals surface area contributed by atoms with Crippen molar-refractivity contribution in [1.82, 2.24) is 4.98 Å². The number of amides is 1. The average Bonchev–Trinajstić information content (AvgIpc) is 3.33. The lowest BCUT2D eigenvalue weighted by Gasteiger charge is -2.51. The van der Waals surface area contributed by atoms with E-state index in [1.165, 1.54) is 24.0 Å². The molecule has 1 aromatic heterocycles. The molecule has 0 radical (unpaired) electrons. The monoisotopic (exact) mass is 502 g/mol. The number of thiazole rings is 1. The van der Waals surface area contributed by atoms with Gasteiger partial charge in [-0.1, -0.05) is 13.0 Å². The number of nitrogens with zero attached hydrogens (tertiary/aromatic N) is 1. The van der Waals surface area contributed by atoms with Gasteiger partial charge in [0.05, 0.1) is 12.7 Å². The van der Waals surface area contributed by atoms with Crippen molar-refractivity contribution in [3.8, 4) is 0 Å². The predicted octanol–water partition coefficient (Wildman–Crippen LogP) is 6.37. The Balaban J connectivity index is 1.36. The Labute approximate surface area is 208 Å². The number of rotatable bonds is 5. The topological polar surface area (TPSA) is 68.3 Å². The van der Waals surface area contributed by atoms with Crippen LogP contribution in [-0.4, -0.2) is 29.9 Å². The number of anilines is 1. The number of carbonyl (C=O) groups is 2. The quantitative estimate of drug-likeness (QED) is 0.482. The highest BCUT2D eigenvalue weighted by molar-refractivity contribution is 7.15. The fraction of sp³-hybridized carbons (Fsp3) is 0.593. The highest BCUT2D eigenvalue weighted by atomic mass is 32.1. The van der Waals surface area contributed by atoms with Crippen LogP contribution in [0.25, 0.3) is 0 Å². The van der Waals surface area contributed by atoms with Gasteiger partial charge in [-0.25, -0.2) is 18.6 Å². The van der Waals surface area contributed by atoms with Gasteiger partial charge in [0.2, 0.25) is 5.91 Å². The molecule has 0 bridgehead atoms. The van der Waals surface area contributed by atoms with Crippen LogP contribution in [0.5, 0.6) is 0 Å². The van der Waals surface area contributed by atoms with Crippen LogP contribution in [0, 0.1) is 30.1 Å². The lowest BCUT2D eigenvalue weighted by atomic mass is 9.53. The van der Waals surface area contributed by atoms with Crippen LogP contribution in [0.1, 0.15) is 77.7 Å². The van der Waals surface area contributed by atoms with E-state index in [-0.39, 0.29) is 48.4 Å². The van der Waals surface area contributed by atoms with Gasteiger partial charge in [0, 0.05) is 29.3 Å². The number of carbonyl (C=O) groups excluding carboxylic acids is 2. The SMILES string of the molecule is COC(=O)c1ccc2c(c1)CC[C@H]1[C@@H]3[C@H](CCC(=O)Nc4ncc(C)s4)CC(F)(F)[C@@]3(C)CC[C@H]21. The van der Waals surface area contributed by atoms with Crippen LogP contribution in [0.15, 0.2) is 24.4 Å². The number of fused-ring (bicyclic) bond motifs is 5. The number of benzene rings is 1. The zero-order chi connectivity index (χ0) is 25.0. The molecular formula is C27H32F2N2O3S. The van der Waals surface area contributed by atoms with E-state index < -0.39 is 11.3 Å². The number of halogens is 2. The maximum atomic E-state index is 15.5. The second-order valence-corrected chi connectivity index (χ2v) is 12.0. The van der Waals surface area contributed by atoms with Crippen LogP contribution in [0.3, 0.4) is 0 Å². The van der Waals surface area contributed by atoms with Crippen molar-refractivity contribution in [2.24, 2.45) is 23.2 Å². The number of nitrogens with one attached hydrogen (secondary N) is 1. The molecule has 1 amide bonds. The average molecular weight is 503 g/mol. The van der Waals surface area contributed by atoms with Crippen molar-refractivity contribution < 1.29 is 23.1 Å². The Kier molecular flexibility index (Phi) is 6.22. The molecule has 1 heterocycles. The first-order valence-electron chi connectivity index (χ1n) is 12.4. The Morgan fingerprint density at radius 3 is 2.80 bits per heavy atom. The molecule has 5 rings (SSSR count). The summed E-state index contributed by atoms with van der Waals surface area (Å²) >= 11 is 1.41. The summed E-state index contributed by atoms with van der Waals surface area (Å²) < 4.78 is 35.8. The molecule has 1 N–H and O–H groups in total. The number of hydrogen-bond donors (Lipinski definition) is 1. The number of methoxy groups -OCH3 is 1. The van der Waals surface area contributed by atoms with Crippen molar-refractivity contribution >= 4 is 28.3 Å². The van der Waals surface area contributed by atoms with Crippen LogP contribution in [0.4, 0.5) is 13.9 Å². The van der Waals surface area contributed by atoms with E-state index in [0.29, 0.717) is 23.5 Å². The molecule has 0 spiro atoms. The number of ether oxygens (including phenoxy) is 1. The fourth-order valence-electron chi connectivity index (χ4n) is 7.26. The van der Waals surface area contributed by atoms with E-state index >= 15 is 8.78 Å². The minimum Gasteiger partial charge on any atom is -0.465 e. The molecule has 8 heteroatoms. The first-order chi connectivity index (χ1) is 16.6. The third-order valence-corrected chi connectivity index (χ3v) is 9.70. The number of aryl methyl sites for hydroxylation is 2. The molecule has 0 saturated heterocycles. The van der Waals surface area contributed by atoms with Crippen molar-refractivity contribution in [1.29, 1.82) is 0 Å². The Hall–Kier alpha value is -2.35. The second kappa shape index (κ2) is 8.95. The highest BCUT2D eigenvalue weighted by Gasteiger charge is 2.67. The normalized spacial score (nSPS) is 30.7. The van der Waals surface area contributed by atoms with Gasteiger partial charge in [-0.15, -0.1) is 11.3 Å². The summed E-state index contributed by atoms with van der Waals surface area (Å²) in [4.78, 5) is 29.7. The zero-order valence-electron chi connectivity index (χ0n) is 20.4. The minimum atomic E-state index is -2.73. The van der Waals surface area contributed by atoms with Crippen LogP contribution in [-0.2, 0) is 16.0 Å². The van der Waals surface area contributed by atoms with E-state index in [0.717, 1.165) is 29.7 Å². The first kappa shape index (κ1) is 24.3. The maximum Gasteiger partial charge on any atom is 0.337 e. The van der Waals surface area contributed by atoms with Gasteiger partial charge < -0.3 is 10.1 Å². The summed E-state index contributed by atoms with van der Waals surface area (Å²) in [5.74, 6) is -3.19. The van der Waals surface area contributed by atoms with Crippen molar-refractivity contribution in [3.05, 3.63) is 46.0 Å². The second-order valence-electron chi connectivity index (χ2n) is 10.7. The molecule has 0 unspecified atom stereocenters. The molecule has 1 aromatic carbocycles. The Bertz CT molecular complexity index is 1150. The van der Waals surface area contributed by atoms with Crippen molar-refractivity contribution in [3.63, 3.8) is 0 Å². The smallest absolute Gasteiger partial charge is 0.337 e. The number of hydrogen-bond acceptors (Lipinski definition) is 5. The molecule has 188 valence electrons. The van der Waals surface area contributed by atoms with E-state index in [9.17, 15) is 9.59 Å². The minimum absolute atomic E-state index is 0.125. The Morgan fingerprint density at radius 2 is 2.09 bits per heavy atom. The number of alkyl halides is 2. The summed E-state index contributed by atoms with van der Waals surface area (Å²) in [7, 11) is 1.37. The van der Waals surface area contributed by atoms with Crippen molar-refractivity contribution in [2.75, 3.05) is 12.4 Å².